The molecule has 1 atom stereocenters. The van der Waals surface area contributed by atoms with Gasteiger partial charge in [0, 0.05) is 19.8 Å². The molecule has 5 heteroatoms. The number of rotatable bonds is 7. The SMILES string of the molecule is COCc1ccccc1C(=O)NC(CO)COC. The van der Waals surface area contributed by atoms with Crippen LogP contribution in [0.1, 0.15) is 15.9 Å². The number of aliphatic hydroxyl groups excluding tert-OH is 1. The summed E-state index contributed by atoms with van der Waals surface area (Å²) in [5.41, 5.74) is 1.36. The molecular formula is C13H19NO4. The van der Waals surface area contributed by atoms with Gasteiger partial charge in [-0.1, -0.05) is 18.2 Å². The number of hydrogen-bond acceptors (Lipinski definition) is 4. The third-order valence-corrected chi connectivity index (χ3v) is 2.49. The summed E-state index contributed by atoms with van der Waals surface area (Å²) in [7, 11) is 3.10. The summed E-state index contributed by atoms with van der Waals surface area (Å²) in [6.07, 6.45) is 0. The van der Waals surface area contributed by atoms with Crippen LogP contribution < -0.4 is 5.32 Å². The van der Waals surface area contributed by atoms with Gasteiger partial charge in [0.2, 0.25) is 0 Å². The van der Waals surface area contributed by atoms with Crippen molar-refractivity contribution in [2.45, 2.75) is 12.6 Å². The summed E-state index contributed by atoms with van der Waals surface area (Å²) in [6.45, 7) is 0.484. The lowest BCUT2D eigenvalue weighted by atomic mass is 10.1. The Morgan fingerprint density at radius 2 is 2.06 bits per heavy atom. The average Bonchev–Trinajstić information content (AvgIpc) is 2.39. The zero-order chi connectivity index (χ0) is 13.4. The summed E-state index contributed by atoms with van der Waals surface area (Å²) in [4.78, 5) is 12.1. The molecule has 0 saturated heterocycles. The van der Waals surface area contributed by atoms with Gasteiger partial charge in [0.05, 0.1) is 25.9 Å². The van der Waals surface area contributed by atoms with E-state index in [2.05, 4.69) is 5.32 Å². The average molecular weight is 253 g/mol. The first-order chi connectivity index (χ1) is 8.72. The standard InChI is InChI=1S/C13H19NO4/c1-17-8-10-5-3-4-6-12(10)13(16)14-11(7-15)9-18-2/h3-6,11,15H,7-9H2,1-2H3,(H,14,16). The van der Waals surface area contributed by atoms with E-state index in [1.165, 1.54) is 7.11 Å². The number of carbonyl (C=O) groups is 1. The maximum Gasteiger partial charge on any atom is 0.252 e. The lowest BCUT2D eigenvalue weighted by Crippen LogP contribution is -2.40. The van der Waals surface area contributed by atoms with Crippen molar-refractivity contribution in [3.63, 3.8) is 0 Å². The second kappa shape index (κ2) is 7.81. The van der Waals surface area contributed by atoms with Crippen molar-refractivity contribution in [3.8, 4) is 0 Å². The van der Waals surface area contributed by atoms with Crippen molar-refractivity contribution in [2.75, 3.05) is 27.4 Å². The van der Waals surface area contributed by atoms with Gasteiger partial charge in [0.15, 0.2) is 0 Å². The van der Waals surface area contributed by atoms with Crippen LogP contribution in [0, 0.1) is 0 Å². The fraction of sp³-hybridized carbons (Fsp3) is 0.462. The third kappa shape index (κ3) is 4.10. The van der Waals surface area contributed by atoms with E-state index in [1.807, 2.05) is 12.1 Å². The van der Waals surface area contributed by atoms with E-state index in [0.29, 0.717) is 12.2 Å². The minimum atomic E-state index is -0.405. The van der Waals surface area contributed by atoms with Gasteiger partial charge in [-0.2, -0.15) is 0 Å². The fourth-order valence-corrected chi connectivity index (χ4v) is 1.63. The van der Waals surface area contributed by atoms with Crippen molar-refractivity contribution < 1.29 is 19.4 Å². The Balaban J connectivity index is 2.76. The molecule has 5 nitrogen and oxygen atoms in total. The summed E-state index contributed by atoms with van der Waals surface area (Å²) < 4.78 is 9.95. The first kappa shape index (κ1) is 14.6. The molecule has 0 bridgehead atoms. The lowest BCUT2D eigenvalue weighted by Gasteiger charge is -2.16. The Morgan fingerprint density at radius 1 is 1.33 bits per heavy atom. The number of ether oxygens (including phenoxy) is 2. The Morgan fingerprint density at radius 3 is 2.67 bits per heavy atom. The van der Waals surface area contributed by atoms with Crippen molar-refractivity contribution in [1.29, 1.82) is 0 Å². The van der Waals surface area contributed by atoms with Gasteiger partial charge in [0.25, 0.3) is 5.91 Å². The van der Waals surface area contributed by atoms with E-state index in [0.717, 1.165) is 5.56 Å². The molecule has 1 aromatic rings. The van der Waals surface area contributed by atoms with Crippen LogP contribution in [0.2, 0.25) is 0 Å². The molecule has 1 rings (SSSR count). The van der Waals surface area contributed by atoms with Crippen LogP contribution in [0.4, 0.5) is 0 Å². The molecule has 1 aromatic carbocycles. The molecule has 0 aromatic heterocycles. The summed E-state index contributed by atoms with van der Waals surface area (Å²) in [5, 5.41) is 11.8. The van der Waals surface area contributed by atoms with E-state index < -0.39 is 6.04 Å². The van der Waals surface area contributed by atoms with Gasteiger partial charge < -0.3 is 19.9 Å². The predicted octanol–water partition coefficient (Wildman–Crippen LogP) is 0.570. The molecule has 0 radical (unpaired) electrons. The first-order valence-corrected chi connectivity index (χ1v) is 5.70. The van der Waals surface area contributed by atoms with E-state index in [4.69, 9.17) is 14.6 Å². The van der Waals surface area contributed by atoms with Crippen LogP contribution in [0.25, 0.3) is 0 Å². The van der Waals surface area contributed by atoms with Crippen LogP contribution in [0.15, 0.2) is 24.3 Å². The molecule has 100 valence electrons. The number of aliphatic hydroxyl groups is 1. The van der Waals surface area contributed by atoms with Gasteiger partial charge in [0.1, 0.15) is 0 Å². The highest BCUT2D eigenvalue weighted by Crippen LogP contribution is 2.10. The molecule has 0 spiro atoms. The lowest BCUT2D eigenvalue weighted by molar-refractivity contribution is 0.0835. The summed E-state index contributed by atoms with van der Waals surface area (Å²) in [5.74, 6) is -0.237. The van der Waals surface area contributed by atoms with Gasteiger partial charge in [-0.15, -0.1) is 0 Å². The third-order valence-electron chi connectivity index (χ3n) is 2.49. The topological polar surface area (TPSA) is 67.8 Å². The van der Waals surface area contributed by atoms with Crippen molar-refractivity contribution >= 4 is 5.91 Å². The smallest absolute Gasteiger partial charge is 0.252 e. The van der Waals surface area contributed by atoms with Crippen molar-refractivity contribution in [1.82, 2.24) is 5.32 Å². The maximum absolute atomic E-state index is 12.1. The number of carbonyl (C=O) groups excluding carboxylic acids is 1. The molecule has 1 amide bonds. The van der Waals surface area contributed by atoms with Crippen LogP contribution >= 0.6 is 0 Å². The monoisotopic (exact) mass is 253 g/mol. The normalized spacial score (nSPS) is 12.2. The van der Waals surface area contributed by atoms with Gasteiger partial charge in [-0.25, -0.2) is 0 Å². The first-order valence-electron chi connectivity index (χ1n) is 5.70. The van der Waals surface area contributed by atoms with E-state index in [-0.39, 0.29) is 19.1 Å². The zero-order valence-electron chi connectivity index (χ0n) is 10.7. The van der Waals surface area contributed by atoms with Gasteiger partial charge >= 0.3 is 0 Å². The van der Waals surface area contributed by atoms with E-state index in [9.17, 15) is 4.79 Å². The van der Waals surface area contributed by atoms with E-state index >= 15 is 0 Å². The molecule has 1 unspecified atom stereocenters. The largest absolute Gasteiger partial charge is 0.394 e. The Bertz CT molecular complexity index is 381. The van der Waals surface area contributed by atoms with Gasteiger partial charge in [-0.3, -0.25) is 4.79 Å². The maximum atomic E-state index is 12.1. The number of methoxy groups -OCH3 is 2. The van der Waals surface area contributed by atoms with Crippen molar-refractivity contribution in [3.05, 3.63) is 35.4 Å². The molecule has 0 fully saturated rings. The molecular weight excluding hydrogens is 234 g/mol. The number of amides is 1. The Labute approximate surface area is 107 Å². The minimum Gasteiger partial charge on any atom is -0.394 e. The van der Waals surface area contributed by atoms with Crippen molar-refractivity contribution in [2.24, 2.45) is 0 Å². The molecule has 0 saturated carbocycles. The van der Waals surface area contributed by atoms with Gasteiger partial charge in [-0.05, 0) is 11.6 Å². The highest BCUT2D eigenvalue weighted by molar-refractivity contribution is 5.95. The molecule has 0 aliphatic rings. The number of hydrogen-bond donors (Lipinski definition) is 2. The Kier molecular flexibility index (Phi) is 6.35. The molecule has 18 heavy (non-hydrogen) atoms. The molecule has 2 N–H and O–H groups in total. The number of benzene rings is 1. The minimum absolute atomic E-state index is 0.161. The van der Waals surface area contributed by atoms with Crippen LogP contribution in [-0.4, -0.2) is 44.5 Å². The predicted molar refractivity (Wildman–Crippen MR) is 67.4 cm³/mol. The fourth-order valence-electron chi connectivity index (χ4n) is 1.63. The summed E-state index contributed by atoms with van der Waals surface area (Å²) in [6, 6.07) is 6.80. The van der Waals surface area contributed by atoms with Crippen LogP contribution in [-0.2, 0) is 16.1 Å². The molecule has 0 aliphatic heterocycles. The molecule has 0 heterocycles. The zero-order valence-corrected chi connectivity index (χ0v) is 10.7. The molecule has 0 aliphatic carbocycles. The quantitative estimate of drug-likeness (QED) is 0.745. The highest BCUT2D eigenvalue weighted by Gasteiger charge is 2.15. The van der Waals surface area contributed by atoms with E-state index in [1.54, 1.807) is 19.2 Å². The van der Waals surface area contributed by atoms with Crippen LogP contribution in [0.5, 0.6) is 0 Å². The summed E-state index contributed by atoms with van der Waals surface area (Å²) >= 11 is 0. The number of nitrogens with one attached hydrogen (secondary N) is 1. The second-order valence-corrected chi connectivity index (χ2v) is 3.90. The highest BCUT2D eigenvalue weighted by atomic mass is 16.5. The van der Waals surface area contributed by atoms with Crippen LogP contribution in [0.3, 0.4) is 0 Å². The second-order valence-electron chi connectivity index (χ2n) is 3.90. The Hall–Kier alpha value is -1.43.